The van der Waals surface area contributed by atoms with Crippen LogP contribution in [0.5, 0.6) is 0 Å². The summed E-state index contributed by atoms with van der Waals surface area (Å²) in [5.41, 5.74) is 0.325. The fourth-order valence-corrected chi connectivity index (χ4v) is 2.34. The average molecular weight is 252 g/mol. The minimum Gasteiger partial charge on any atom is -0.311 e. The topological polar surface area (TPSA) is 34.1 Å². The monoisotopic (exact) mass is 252 g/mol. The van der Waals surface area contributed by atoms with Gasteiger partial charge in [-0.3, -0.25) is 4.79 Å². The van der Waals surface area contributed by atoms with Gasteiger partial charge >= 0.3 is 0 Å². The van der Waals surface area contributed by atoms with Gasteiger partial charge in [0.05, 0.1) is 5.68 Å². The van der Waals surface area contributed by atoms with Crippen LogP contribution in [-0.4, -0.2) is 18.7 Å². The maximum absolute atomic E-state index is 11.8. The summed E-state index contributed by atoms with van der Waals surface area (Å²) in [6.45, 7) is 14.2. The van der Waals surface area contributed by atoms with Gasteiger partial charge in [-0.05, 0) is 5.41 Å². The van der Waals surface area contributed by atoms with Crippen LogP contribution in [0.4, 0.5) is 0 Å². The van der Waals surface area contributed by atoms with Crippen molar-refractivity contribution < 1.29 is 9.59 Å². The van der Waals surface area contributed by atoms with Crippen LogP contribution in [0.15, 0.2) is 0 Å². The summed E-state index contributed by atoms with van der Waals surface area (Å²) in [5, 5.41) is 0. The molecular formula is C15H29BO2. The molecule has 0 aromatic heterocycles. The standard InChI is InChI=1S/C15H29BO2/c1-10(2)13(17)9-15(6,7)8-12(5)16-14(18)11(3)4/h10-12,16H,8-9H2,1-7H3. The fourth-order valence-electron chi connectivity index (χ4n) is 2.34. The van der Waals surface area contributed by atoms with Crippen LogP contribution < -0.4 is 0 Å². The van der Waals surface area contributed by atoms with Crippen molar-refractivity contribution in [1.29, 1.82) is 0 Å². The van der Waals surface area contributed by atoms with Crippen molar-refractivity contribution in [3.05, 3.63) is 0 Å². The first-order valence-corrected chi connectivity index (χ1v) is 7.10. The van der Waals surface area contributed by atoms with Gasteiger partial charge in [-0.2, -0.15) is 0 Å². The minimum absolute atomic E-state index is 0.00195. The largest absolute Gasteiger partial charge is 0.311 e. The van der Waals surface area contributed by atoms with Crippen LogP contribution in [-0.2, 0) is 9.59 Å². The molecule has 104 valence electrons. The molecule has 3 heteroatoms. The summed E-state index contributed by atoms with van der Waals surface area (Å²) >= 11 is 0. The van der Waals surface area contributed by atoms with E-state index in [-0.39, 0.29) is 17.3 Å². The minimum atomic E-state index is -0.00195. The van der Waals surface area contributed by atoms with E-state index in [1.807, 2.05) is 27.7 Å². The molecule has 0 radical (unpaired) electrons. The summed E-state index contributed by atoms with van der Waals surface area (Å²) in [7, 11) is 0.636. The van der Waals surface area contributed by atoms with Crippen molar-refractivity contribution in [2.45, 2.75) is 67.1 Å². The van der Waals surface area contributed by atoms with Crippen LogP contribution >= 0.6 is 0 Å². The highest BCUT2D eigenvalue weighted by atomic mass is 16.1. The predicted octanol–water partition coefficient (Wildman–Crippen LogP) is 3.45. The Morgan fingerprint density at radius 1 is 1.00 bits per heavy atom. The molecule has 0 spiro atoms. The van der Waals surface area contributed by atoms with E-state index in [0.29, 0.717) is 31.0 Å². The second kappa shape index (κ2) is 7.11. The molecule has 0 fully saturated rings. The lowest BCUT2D eigenvalue weighted by molar-refractivity contribution is -0.123. The van der Waals surface area contributed by atoms with Gasteiger partial charge in [0.25, 0.3) is 0 Å². The van der Waals surface area contributed by atoms with E-state index in [4.69, 9.17) is 0 Å². The Kier molecular flexibility index (Phi) is 6.87. The second-order valence-electron chi connectivity index (χ2n) is 7.10. The fraction of sp³-hybridized carbons (Fsp3) is 0.867. The lowest BCUT2D eigenvalue weighted by Gasteiger charge is -2.28. The Labute approximate surface area is 113 Å². The predicted molar refractivity (Wildman–Crippen MR) is 79.3 cm³/mol. The van der Waals surface area contributed by atoms with Gasteiger partial charge in [-0.15, -0.1) is 0 Å². The number of carbonyl (C=O) groups is 2. The zero-order valence-electron chi connectivity index (χ0n) is 13.2. The van der Waals surface area contributed by atoms with Crippen molar-refractivity contribution >= 4 is 18.7 Å². The van der Waals surface area contributed by atoms with Gasteiger partial charge in [0, 0.05) is 18.3 Å². The summed E-state index contributed by atoms with van der Waals surface area (Å²) in [6.07, 6.45) is 1.55. The number of ketones is 1. The van der Waals surface area contributed by atoms with Gasteiger partial charge in [-0.25, -0.2) is 0 Å². The van der Waals surface area contributed by atoms with E-state index in [2.05, 4.69) is 20.8 Å². The number of hydrogen-bond donors (Lipinski definition) is 0. The molecule has 0 aliphatic carbocycles. The van der Waals surface area contributed by atoms with Crippen LogP contribution in [0.3, 0.4) is 0 Å². The highest BCUT2D eigenvalue weighted by Crippen LogP contribution is 2.32. The summed E-state index contributed by atoms with van der Waals surface area (Å²) < 4.78 is 0. The van der Waals surface area contributed by atoms with Crippen LogP contribution in [0.2, 0.25) is 5.82 Å². The Bertz CT molecular complexity index is 293. The molecule has 0 N–H and O–H groups in total. The van der Waals surface area contributed by atoms with E-state index < -0.39 is 0 Å². The molecular weight excluding hydrogens is 223 g/mol. The van der Waals surface area contributed by atoms with E-state index >= 15 is 0 Å². The van der Waals surface area contributed by atoms with Crippen molar-refractivity contribution in [3.63, 3.8) is 0 Å². The Hall–Kier alpha value is -0.595. The highest BCUT2D eigenvalue weighted by molar-refractivity contribution is 6.75. The maximum atomic E-state index is 11.8. The normalized spacial score (nSPS) is 13.8. The Morgan fingerprint density at radius 3 is 1.89 bits per heavy atom. The summed E-state index contributed by atoms with van der Waals surface area (Å²) in [4.78, 5) is 23.5. The molecule has 0 saturated heterocycles. The van der Waals surface area contributed by atoms with Crippen molar-refractivity contribution in [2.75, 3.05) is 0 Å². The Balaban J connectivity index is 4.31. The molecule has 1 atom stereocenters. The molecule has 1 unspecified atom stereocenters. The first-order chi connectivity index (χ1) is 8.05. The zero-order chi connectivity index (χ0) is 14.5. The van der Waals surface area contributed by atoms with Gasteiger partial charge in [-0.1, -0.05) is 60.7 Å². The second-order valence-corrected chi connectivity index (χ2v) is 7.10. The third-order valence-corrected chi connectivity index (χ3v) is 3.39. The van der Waals surface area contributed by atoms with Crippen molar-refractivity contribution in [1.82, 2.24) is 0 Å². The van der Waals surface area contributed by atoms with E-state index in [1.54, 1.807) is 0 Å². The van der Waals surface area contributed by atoms with Gasteiger partial charge in [0.15, 0.2) is 0 Å². The number of carbonyl (C=O) groups excluding carboxylic acids is 2. The van der Waals surface area contributed by atoms with Crippen molar-refractivity contribution in [2.24, 2.45) is 17.3 Å². The molecule has 0 heterocycles. The van der Waals surface area contributed by atoms with Crippen LogP contribution in [0.1, 0.15) is 61.3 Å². The SMILES string of the molecule is CC(BC(=O)C(C)C)CC(C)(C)CC(=O)C(C)C. The molecule has 0 aliphatic heterocycles. The van der Waals surface area contributed by atoms with E-state index in [9.17, 15) is 9.59 Å². The van der Waals surface area contributed by atoms with Gasteiger partial charge in [0.2, 0.25) is 7.28 Å². The van der Waals surface area contributed by atoms with Crippen LogP contribution in [0, 0.1) is 17.3 Å². The molecule has 0 aromatic rings. The molecule has 0 aliphatic rings. The lowest BCUT2D eigenvalue weighted by atomic mass is 9.55. The highest BCUT2D eigenvalue weighted by Gasteiger charge is 2.27. The number of Topliss-reactive ketones (excluding diaryl/α,β-unsaturated/α-hetero) is 1. The molecule has 18 heavy (non-hydrogen) atoms. The first kappa shape index (κ1) is 17.4. The van der Waals surface area contributed by atoms with E-state index in [1.165, 1.54) is 0 Å². The van der Waals surface area contributed by atoms with Crippen molar-refractivity contribution in [3.8, 4) is 0 Å². The summed E-state index contributed by atoms with van der Waals surface area (Å²) in [6, 6.07) is 0. The third kappa shape index (κ3) is 6.98. The van der Waals surface area contributed by atoms with E-state index in [0.717, 1.165) is 6.42 Å². The molecule has 0 rings (SSSR count). The maximum Gasteiger partial charge on any atom is 0.208 e. The third-order valence-electron chi connectivity index (χ3n) is 3.39. The molecule has 0 saturated carbocycles. The summed E-state index contributed by atoms with van der Waals surface area (Å²) in [5.74, 6) is 0.905. The van der Waals surface area contributed by atoms with Crippen LogP contribution in [0.25, 0.3) is 0 Å². The van der Waals surface area contributed by atoms with Gasteiger partial charge in [0.1, 0.15) is 5.78 Å². The van der Waals surface area contributed by atoms with Gasteiger partial charge < -0.3 is 4.79 Å². The average Bonchev–Trinajstić information content (AvgIpc) is 2.14. The number of rotatable bonds is 8. The first-order valence-electron chi connectivity index (χ1n) is 7.10. The smallest absolute Gasteiger partial charge is 0.208 e. The number of hydrogen-bond acceptors (Lipinski definition) is 2. The molecule has 0 aromatic carbocycles. The Morgan fingerprint density at radius 2 is 1.50 bits per heavy atom. The molecule has 2 nitrogen and oxygen atoms in total. The quantitative estimate of drug-likeness (QED) is 0.620. The molecule has 0 amide bonds. The molecule has 0 bridgehead atoms. The lowest BCUT2D eigenvalue weighted by Crippen LogP contribution is -2.26. The zero-order valence-corrected chi connectivity index (χ0v) is 13.2.